The van der Waals surface area contributed by atoms with E-state index in [1.54, 1.807) is 23.9 Å². The van der Waals surface area contributed by atoms with Gasteiger partial charge in [-0.15, -0.1) is 0 Å². The smallest absolute Gasteiger partial charge is 0.126 e. The van der Waals surface area contributed by atoms with Gasteiger partial charge in [-0.05, 0) is 39.3 Å². The molecule has 0 unspecified atom stereocenters. The minimum Gasteiger partial charge on any atom is -0.396 e. The Morgan fingerprint density at radius 2 is 1.94 bits per heavy atom. The lowest BCUT2D eigenvalue weighted by molar-refractivity contribution is 0.356. The summed E-state index contributed by atoms with van der Waals surface area (Å²) >= 11 is 0. The maximum atomic E-state index is 13.6. The van der Waals surface area contributed by atoms with E-state index in [0.717, 1.165) is 0 Å². The first kappa shape index (κ1) is 12.6. The molecule has 1 aromatic carbocycles. The molecule has 3 nitrogen and oxygen atoms in total. The summed E-state index contributed by atoms with van der Waals surface area (Å²) < 4.78 is 15.4. The molecule has 2 N–H and O–H groups in total. The molecule has 4 heteroatoms. The van der Waals surface area contributed by atoms with Crippen molar-refractivity contribution in [1.29, 1.82) is 0 Å². The molecule has 1 aromatic heterocycles. The maximum absolute atomic E-state index is 13.6. The van der Waals surface area contributed by atoms with Crippen LogP contribution in [0, 0.1) is 12.7 Å². The number of benzene rings is 1. The quantitative estimate of drug-likeness (QED) is 0.840. The Labute approximate surface area is 106 Å². The third-order valence-corrected chi connectivity index (χ3v) is 2.88. The van der Waals surface area contributed by atoms with Crippen LogP contribution < -0.4 is 5.73 Å². The van der Waals surface area contributed by atoms with E-state index in [2.05, 4.69) is 5.10 Å². The number of anilines is 1. The summed E-state index contributed by atoms with van der Waals surface area (Å²) in [6.07, 6.45) is 1.78. The molecule has 0 spiro atoms. The van der Waals surface area contributed by atoms with Gasteiger partial charge >= 0.3 is 0 Å². The van der Waals surface area contributed by atoms with Crippen LogP contribution >= 0.6 is 0 Å². The van der Waals surface area contributed by atoms with Gasteiger partial charge in [0.25, 0.3) is 0 Å². The van der Waals surface area contributed by atoms with Gasteiger partial charge in [-0.25, -0.2) is 4.39 Å². The van der Waals surface area contributed by atoms with Gasteiger partial charge in [0.05, 0.1) is 11.2 Å². The number of nitrogens with zero attached hydrogens (tertiary/aromatic N) is 2. The lowest BCUT2D eigenvalue weighted by Crippen LogP contribution is -2.22. The molecular weight excluding hydrogens is 229 g/mol. The predicted octanol–water partition coefficient (Wildman–Crippen LogP) is 3.33. The molecule has 0 saturated carbocycles. The second-order valence-electron chi connectivity index (χ2n) is 5.51. The molecule has 0 bridgehead atoms. The Morgan fingerprint density at radius 1 is 1.28 bits per heavy atom. The van der Waals surface area contributed by atoms with Gasteiger partial charge in [0.15, 0.2) is 0 Å². The van der Waals surface area contributed by atoms with Crippen LogP contribution in [0.25, 0.3) is 11.3 Å². The largest absolute Gasteiger partial charge is 0.396 e. The summed E-state index contributed by atoms with van der Waals surface area (Å²) in [5, 5.41) is 4.45. The molecule has 96 valence electrons. The molecule has 0 atom stereocenters. The molecule has 18 heavy (non-hydrogen) atoms. The molecule has 1 heterocycles. The van der Waals surface area contributed by atoms with Crippen molar-refractivity contribution in [3.8, 4) is 11.3 Å². The summed E-state index contributed by atoms with van der Waals surface area (Å²) in [7, 11) is 0. The van der Waals surface area contributed by atoms with E-state index in [1.807, 2.05) is 26.8 Å². The van der Waals surface area contributed by atoms with Crippen molar-refractivity contribution in [2.75, 3.05) is 5.73 Å². The average Bonchev–Trinajstić information content (AvgIpc) is 2.64. The summed E-state index contributed by atoms with van der Waals surface area (Å²) in [6, 6.07) is 5.05. The first-order chi connectivity index (χ1) is 8.29. The van der Waals surface area contributed by atoms with Gasteiger partial charge in [-0.3, -0.25) is 4.68 Å². The third-order valence-electron chi connectivity index (χ3n) is 2.88. The lowest BCUT2D eigenvalue weighted by Gasteiger charge is -2.18. The van der Waals surface area contributed by atoms with Gasteiger partial charge in [0.1, 0.15) is 11.5 Å². The Morgan fingerprint density at radius 3 is 2.44 bits per heavy atom. The van der Waals surface area contributed by atoms with Crippen LogP contribution in [0.5, 0.6) is 0 Å². The molecule has 0 amide bonds. The Kier molecular flexibility index (Phi) is 2.89. The molecule has 0 aliphatic heterocycles. The van der Waals surface area contributed by atoms with Crippen LogP contribution in [0.2, 0.25) is 0 Å². The first-order valence-electron chi connectivity index (χ1n) is 5.91. The highest BCUT2D eigenvalue weighted by atomic mass is 19.1. The third kappa shape index (κ3) is 2.23. The number of hydrogen-bond donors (Lipinski definition) is 1. The molecule has 2 aromatic rings. The average molecular weight is 247 g/mol. The van der Waals surface area contributed by atoms with Crippen LogP contribution in [0.1, 0.15) is 26.3 Å². The van der Waals surface area contributed by atoms with Crippen molar-refractivity contribution >= 4 is 5.69 Å². The van der Waals surface area contributed by atoms with Gasteiger partial charge in [0, 0.05) is 11.8 Å². The number of halogens is 1. The predicted molar refractivity (Wildman–Crippen MR) is 71.8 cm³/mol. The zero-order valence-corrected chi connectivity index (χ0v) is 11.2. The highest BCUT2D eigenvalue weighted by Gasteiger charge is 2.18. The van der Waals surface area contributed by atoms with Gasteiger partial charge in [-0.1, -0.05) is 12.1 Å². The van der Waals surface area contributed by atoms with Gasteiger partial charge in [-0.2, -0.15) is 5.10 Å². The zero-order valence-electron chi connectivity index (χ0n) is 11.2. The fourth-order valence-electron chi connectivity index (χ4n) is 1.70. The second-order valence-corrected chi connectivity index (χ2v) is 5.51. The van der Waals surface area contributed by atoms with Crippen molar-refractivity contribution in [2.45, 2.75) is 33.2 Å². The Hall–Kier alpha value is -1.84. The number of nitrogens with two attached hydrogens (primary N) is 1. The second kappa shape index (κ2) is 4.12. The highest BCUT2D eigenvalue weighted by molar-refractivity contribution is 5.72. The van der Waals surface area contributed by atoms with E-state index in [0.29, 0.717) is 22.5 Å². The van der Waals surface area contributed by atoms with Crippen LogP contribution in [0.3, 0.4) is 0 Å². The van der Waals surface area contributed by atoms with Crippen LogP contribution in [-0.4, -0.2) is 9.78 Å². The number of aromatic nitrogens is 2. The van der Waals surface area contributed by atoms with Crippen LogP contribution in [0.15, 0.2) is 24.4 Å². The monoisotopic (exact) mass is 247 g/mol. The van der Waals surface area contributed by atoms with Crippen LogP contribution in [0.4, 0.5) is 10.1 Å². The molecule has 0 saturated heterocycles. The van der Waals surface area contributed by atoms with Crippen molar-refractivity contribution < 1.29 is 4.39 Å². The van der Waals surface area contributed by atoms with Gasteiger partial charge in [0.2, 0.25) is 0 Å². The van der Waals surface area contributed by atoms with E-state index < -0.39 is 0 Å². The van der Waals surface area contributed by atoms with Crippen molar-refractivity contribution in [3.63, 3.8) is 0 Å². The summed E-state index contributed by atoms with van der Waals surface area (Å²) in [6.45, 7) is 7.85. The fourth-order valence-corrected chi connectivity index (χ4v) is 1.70. The van der Waals surface area contributed by atoms with E-state index in [4.69, 9.17) is 5.73 Å². The highest BCUT2D eigenvalue weighted by Crippen LogP contribution is 2.27. The number of rotatable bonds is 1. The zero-order chi connectivity index (χ0) is 13.5. The minimum atomic E-state index is -0.239. The van der Waals surface area contributed by atoms with Crippen LogP contribution in [-0.2, 0) is 5.54 Å². The molecule has 0 aliphatic carbocycles. The number of hydrogen-bond acceptors (Lipinski definition) is 2. The minimum absolute atomic E-state index is 0.143. The van der Waals surface area contributed by atoms with Crippen molar-refractivity contribution in [2.24, 2.45) is 0 Å². The topological polar surface area (TPSA) is 43.8 Å². The number of nitrogen functional groups attached to an aromatic ring is 1. The standard InChI is InChI=1S/C14H18FN3/c1-9-5-6-10(7-11(9)15)13-12(16)8-18(17-13)14(2,3)4/h5-8H,16H2,1-4H3. The molecule has 0 aliphatic rings. The molecule has 0 fully saturated rings. The normalized spacial score (nSPS) is 11.8. The van der Waals surface area contributed by atoms with E-state index in [9.17, 15) is 4.39 Å². The summed E-state index contributed by atoms with van der Waals surface area (Å²) in [4.78, 5) is 0. The Balaban J connectivity index is 2.51. The summed E-state index contributed by atoms with van der Waals surface area (Å²) in [5.41, 5.74) is 8.33. The van der Waals surface area contributed by atoms with Gasteiger partial charge < -0.3 is 5.73 Å². The number of aryl methyl sites for hydroxylation is 1. The van der Waals surface area contributed by atoms with Crippen molar-refractivity contribution in [3.05, 3.63) is 35.8 Å². The SMILES string of the molecule is Cc1ccc(-c2nn(C(C)(C)C)cc2N)cc1F. The van der Waals surface area contributed by atoms with E-state index in [-0.39, 0.29) is 11.4 Å². The lowest BCUT2D eigenvalue weighted by atomic mass is 10.1. The molecular formula is C14H18FN3. The maximum Gasteiger partial charge on any atom is 0.126 e. The first-order valence-corrected chi connectivity index (χ1v) is 5.91. The van der Waals surface area contributed by atoms with Crippen molar-refractivity contribution in [1.82, 2.24) is 9.78 Å². The molecule has 0 radical (unpaired) electrons. The molecule has 2 rings (SSSR count). The fraction of sp³-hybridized carbons (Fsp3) is 0.357. The van der Waals surface area contributed by atoms with E-state index >= 15 is 0 Å². The van der Waals surface area contributed by atoms with E-state index in [1.165, 1.54) is 6.07 Å². The Bertz CT molecular complexity index is 579. The summed E-state index contributed by atoms with van der Waals surface area (Å²) in [5.74, 6) is -0.239.